The molecule has 31 heavy (non-hydrogen) atoms. The number of carbonyl (C=O) groups excluding carboxylic acids is 2. The molecule has 3 aromatic rings. The quantitative estimate of drug-likeness (QED) is 0.549. The van der Waals surface area contributed by atoms with Crippen LogP contribution in [-0.2, 0) is 24.3 Å². The maximum Gasteiger partial charge on any atom is 0.321 e. The Balaban J connectivity index is 1.58. The van der Waals surface area contributed by atoms with Gasteiger partial charge >= 0.3 is 5.97 Å². The molecule has 0 aliphatic carbocycles. The van der Waals surface area contributed by atoms with Gasteiger partial charge in [-0.3, -0.25) is 9.59 Å². The molecule has 0 bridgehead atoms. The van der Waals surface area contributed by atoms with Gasteiger partial charge in [-0.15, -0.1) is 0 Å². The summed E-state index contributed by atoms with van der Waals surface area (Å²) in [7, 11) is -3.87. The van der Waals surface area contributed by atoms with Crippen LogP contribution in [0.1, 0.15) is 18.1 Å². The second-order valence-electron chi connectivity index (χ2n) is 7.22. The maximum atomic E-state index is 12.5. The maximum absolute atomic E-state index is 12.5. The van der Waals surface area contributed by atoms with Gasteiger partial charge in [-0.25, -0.2) is 8.42 Å². The summed E-state index contributed by atoms with van der Waals surface area (Å²) >= 11 is 0. The van der Waals surface area contributed by atoms with Crippen molar-refractivity contribution in [2.75, 3.05) is 11.9 Å². The van der Waals surface area contributed by atoms with Crippen LogP contribution in [-0.4, -0.2) is 32.9 Å². The molecular formula is C23H24N2O5S. The molecular weight excluding hydrogens is 416 g/mol. The Morgan fingerprint density at radius 3 is 2.42 bits per heavy atom. The summed E-state index contributed by atoms with van der Waals surface area (Å²) in [5.41, 5.74) is 2.38. The van der Waals surface area contributed by atoms with Gasteiger partial charge in [-0.1, -0.05) is 42.5 Å². The Morgan fingerprint density at radius 1 is 0.968 bits per heavy atom. The van der Waals surface area contributed by atoms with Gasteiger partial charge in [0, 0.05) is 11.1 Å². The van der Waals surface area contributed by atoms with Crippen LogP contribution < -0.4 is 10.0 Å². The third kappa shape index (κ3) is 5.48. The summed E-state index contributed by atoms with van der Waals surface area (Å²) in [5.74, 6) is -1.37. The topological polar surface area (TPSA) is 102 Å². The van der Waals surface area contributed by atoms with Crippen LogP contribution in [0, 0.1) is 13.8 Å². The Morgan fingerprint density at radius 2 is 1.68 bits per heavy atom. The molecule has 0 radical (unpaired) electrons. The van der Waals surface area contributed by atoms with Crippen molar-refractivity contribution in [1.29, 1.82) is 0 Å². The van der Waals surface area contributed by atoms with Gasteiger partial charge in [-0.05, 0) is 55.5 Å². The Kier molecular flexibility index (Phi) is 6.72. The van der Waals surface area contributed by atoms with Gasteiger partial charge in [0.1, 0.15) is 6.54 Å². The molecule has 0 saturated carbocycles. The van der Waals surface area contributed by atoms with Crippen molar-refractivity contribution in [1.82, 2.24) is 4.72 Å². The SMILES string of the molecule is Cc1ccc(S(=O)(=O)NCC(=O)OC(C)C(=O)Nc2cccc3ccccc23)cc1C. The van der Waals surface area contributed by atoms with Crippen LogP contribution in [0.3, 0.4) is 0 Å². The van der Waals surface area contributed by atoms with E-state index in [9.17, 15) is 18.0 Å². The highest BCUT2D eigenvalue weighted by Gasteiger charge is 2.21. The predicted octanol–water partition coefficient (Wildman–Crippen LogP) is 3.31. The average Bonchev–Trinajstić information content (AvgIpc) is 2.74. The molecule has 0 aliphatic heterocycles. The first-order valence-electron chi connectivity index (χ1n) is 9.72. The fraction of sp³-hybridized carbons (Fsp3) is 0.217. The zero-order valence-electron chi connectivity index (χ0n) is 17.5. The number of hydrogen-bond donors (Lipinski definition) is 2. The highest BCUT2D eigenvalue weighted by atomic mass is 32.2. The number of hydrogen-bond acceptors (Lipinski definition) is 5. The van der Waals surface area contributed by atoms with Gasteiger partial charge in [0.15, 0.2) is 6.10 Å². The normalized spacial score (nSPS) is 12.4. The molecule has 0 spiro atoms. The lowest BCUT2D eigenvalue weighted by Crippen LogP contribution is -2.35. The van der Waals surface area contributed by atoms with E-state index in [4.69, 9.17) is 4.74 Å². The van der Waals surface area contributed by atoms with E-state index in [-0.39, 0.29) is 4.90 Å². The van der Waals surface area contributed by atoms with E-state index in [1.807, 2.05) is 43.3 Å². The van der Waals surface area contributed by atoms with E-state index in [2.05, 4.69) is 10.0 Å². The number of benzene rings is 3. The number of sulfonamides is 1. The third-order valence-corrected chi connectivity index (χ3v) is 6.32. The zero-order chi connectivity index (χ0) is 22.6. The number of esters is 1. The molecule has 3 rings (SSSR count). The molecule has 2 N–H and O–H groups in total. The van der Waals surface area contributed by atoms with Crippen LogP contribution in [0.2, 0.25) is 0 Å². The Hall–Kier alpha value is -3.23. The first-order valence-corrected chi connectivity index (χ1v) is 11.2. The predicted molar refractivity (Wildman–Crippen MR) is 119 cm³/mol. The van der Waals surface area contributed by atoms with Gasteiger partial charge in [0.25, 0.3) is 5.91 Å². The molecule has 0 saturated heterocycles. The molecule has 8 heteroatoms. The number of ether oxygens (including phenoxy) is 1. The van der Waals surface area contributed by atoms with E-state index in [1.165, 1.54) is 19.1 Å². The van der Waals surface area contributed by atoms with Crippen LogP contribution in [0.5, 0.6) is 0 Å². The average molecular weight is 441 g/mol. The number of rotatable bonds is 7. The van der Waals surface area contributed by atoms with Crippen molar-refractivity contribution in [2.45, 2.75) is 31.8 Å². The highest BCUT2D eigenvalue weighted by molar-refractivity contribution is 7.89. The summed E-state index contributed by atoms with van der Waals surface area (Å²) in [6.45, 7) is 4.53. The number of nitrogens with one attached hydrogen (secondary N) is 2. The van der Waals surface area contributed by atoms with Crippen LogP contribution in [0.25, 0.3) is 10.8 Å². The highest BCUT2D eigenvalue weighted by Crippen LogP contribution is 2.23. The lowest BCUT2D eigenvalue weighted by atomic mass is 10.1. The van der Waals surface area contributed by atoms with Crippen molar-refractivity contribution < 1.29 is 22.7 Å². The summed E-state index contributed by atoms with van der Waals surface area (Å²) in [6.07, 6.45) is -1.10. The number of anilines is 1. The Bertz CT molecular complexity index is 1230. The minimum atomic E-state index is -3.87. The molecule has 0 aliphatic rings. The van der Waals surface area contributed by atoms with Gasteiger partial charge in [0.05, 0.1) is 4.90 Å². The van der Waals surface area contributed by atoms with Gasteiger partial charge < -0.3 is 10.1 Å². The summed E-state index contributed by atoms with van der Waals surface area (Å²) in [4.78, 5) is 24.6. The summed E-state index contributed by atoms with van der Waals surface area (Å²) in [6, 6.07) is 17.8. The van der Waals surface area contributed by atoms with Gasteiger partial charge in [0.2, 0.25) is 10.0 Å². The molecule has 0 heterocycles. The monoisotopic (exact) mass is 440 g/mol. The van der Waals surface area contributed by atoms with E-state index >= 15 is 0 Å². The molecule has 1 atom stereocenters. The second kappa shape index (κ2) is 9.28. The fourth-order valence-corrected chi connectivity index (χ4v) is 4.03. The smallest absolute Gasteiger partial charge is 0.321 e. The molecule has 0 aromatic heterocycles. The van der Waals surface area contributed by atoms with Crippen molar-refractivity contribution >= 4 is 38.4 Å². The number of amides is 1. The minimum Gasteiger partial charge on any atom is -0.452 e. The van der Waals surface area contributed by atoms with Crippen LogP contribution >= 0.6 is 0 Å². The number of aryl methyl sites for hydroxylation is 2. The zero-order valence-corrected chi connectivity index (χ0v) is 18.3. The summed E-state index contributed by atoms with van der Waals surface area (Å²) in [5, 5.41) is 4.57. The van der Waals surface area contributed by atoms with Crippen molar-refractivity contribution in [3.8, 4) is 0 Å². The standard InChI is InChI=1S/C23H24N2O5S/c1-15-11-12-19(13-16(15)2)31(28,29)24-14-22(26)30-17(3)23(27)25-21-10-6-8-18-7-4-5-9-20(18)21/h4-13,17,24H,14H2,1-3H3,(H,25,27). The van der Waals surface area contributed by atoms with Crippen LogP contribution in [0.15, 0.2) is 65.6 Å². The Labute approximate surface area is 181 Å². The largest absolute Gasteiger partial charge is 0.452 e. The summed E-state index contributed by atoms with van der Waals surface area (Å²) < 4.78 is 32.1. The van der Waals surface area contributed by atoms with E-state index in [0.717, 1.165) is 21.9 Å². The lowest BCUT2D eigenvalue weighted by Gasteiger charge is -2.15. The lowest BCUT2D eigenvalue weighted by molar-refractivity contribution is -0.151. The van der Waals surface area contributed by atoms with E-state index in [1.54, 1.807) is 19.1 Å². The van der Waals surface area contributed by atoms with Crippen LogP contribution in [0.4, 0.5) is 5.69 Å². The first-order chi connectivity index (χ1) is 14.7. The van der Waals surface area contributed by atoms with Crippen molar-refractivity contribution in [2.24, 2.45) is 0 Å². The number of carbonyl (C=O) groups is 2. The first kappa shape index (κ1) is 22.5. The van der Waals surface area contributed by atoms with Crippen molar-refractivity contribution in [3.63, 3.8) is 0 Å². The fourth-order valence-electron chi connectivity index (χ4n) is 2.98. The molecule has 1 amide bonds. The molecule has 0 fully saturated rings. The molecule has 7 nitrogen and oxygen atoms in total. The molecule has 162 valence electrons. The van der Waals surface area contributed by atoms with E-state index < -0.39 is 34.5 Å². The molecule has 1 unspecified atom stereocenters. The molecule has 3 aromatic carbocycles. The van der Waals surface area contributed by atoms with Crippen molar-refractivity contribution in [3.05, 3.63) is 71.8 Å². The van der Waals surface area contributed by atoms with E-state index in [0.29, 0.717) is 5.69 Å². The minimum absolute atomic E-state index is 0.0603. The van der Waals surface area contributed by atoms with Gasteiger partial charge in [-0.2, -0.15) is 4.72 Å². The third-order valence-electron chi connectivity index (χ3n) is 4.92. The second-order valence-corrected chi connectivity index (χ2v) is 8.99. The number of fused-ring (bicyclic) bond motifs is 1.